The highest BCUT2D eigenvalue weighted by molar-refractivity contribution is 14.0. The molecular weight excluding hydrogens is 446 g/mol. The Bertz CT molecular complexity index is 665. The molecule has 26 heavy (non-hydrogen) atoms. The fourth-order valence-electron chi connectivity index (χ4n) is 2.95. The van der Waals surface area contributed by atoms with E-state index in [4.69, 9.17) is 4.99 Å². The van der Waals surface area contributed by atoms with E-state index in [0.29, 0.717) is 6.54 Å². The minimum atomic E-state index is -0.193. The first kappa shape index (κ1) is 20.5. The van der Waals surface area contributed by atoms with E-state index < -0.39 is 0 Å². The number of guanidine groups is 1. The van der Waals surface area contributed by atoms with Crippen molar-refractivity contribution in [2.24, 2.45) is 4.99 Å². The van der Waals surface area contributed by atoms with Gasteiger partial charge in [-0.2, -0.15) is 5.10 Å². The molecule has 6 nitrogen and oxygen atoms in total. The second-order valence-corrected chi connectivity index (χ2v) is 5.96. The van der Waals surface area contributed by atoms with E-state index in [1.165, 1.54) is 12.1 Å². The monoisotopic (exact) mass is 472 g/mol. The van der Waals surface area contributed by atoms with Crippen molar-refractivity contribution >= 4 is 35.6 Å². The van der Waals surface area contributed by atoms with Gasteiger partial charge in [0.25, 0.3) is 0 Å². The number of nitrogens with zero attached hydrogens (tertiary/aromatic N) is 5. The Hall–Kier alpha value is -1.84. The van der Waals surface area contributed by atoms with Crippen LogP contribution in [-0.4, -0.2) is 59.9 Å². The van der Waals surface area contributed by atoms with Crippen molar-refractivity contribution in [1.29, 1.82) is 0 Å². The minimum absolute atomic E-state index is 0. The first-order chi connectivity index (χ1) is 12.3. The van der Waals surface area contributed by atoms with E-state index in [0.717, 1.165) is 50.9 Å². The maximum atomic E-state index is 13.1. The fourth-order valence-corrected chi connectivity index (χ4v) is 2.95. The lowest BCUT2D eigenvalue weighted by molar-refractivity contribution is 0.372. The van der Waals surface area contributed by atoms with Gasteiger partial charge in [0.1, 0.15) is 5.82 Å². The summed E-state index contributed by atoms with van der Waals surface area (Å²) < 4.78 is 15.0. The van der Waals surface area contributed by atoms with Crippen LogP contribution in [0.15, 0.2) is 47.7 Å². The molecule has 3 rings (SSSR count). The van der Waals surface area contributed by atoms with Crippen LogP contribution >= 0.6 is 24.0 Å². The molecule has 0 atom stereocenters. The SMILES string of the molecule is CCNC(=NCCn1cccn1)N1CCN(c2ccc(F)cc2)CC1.I. The van der Waals surface area contributed by atoms with Gasteiger partial charge < -0.3 is 15.1 Å². The van der Waals surface area contributed by atoms with Gasteiger partial charge in [0.2, 0.25) is 0 Å². The highest BCUT2D eigenvalue weighted by Crippen LogP contribution is 2.16. The van der Waals surface area contributed by atoms with Crippen LogP contribution in [0.5, 0.6) is 0 Å². The van der Waals surface area contributed by atoms with Gasteiger partial charge in [-0.3, -0.25) is 9.67 Å². The summed E-state index contributed by atoms with van der Waals surface area (Å²) in [7, 11) is 0. The normalized spacial score (nSPS) is 14.9. The van der Waals surface area contributed by atoms with Crippen molar-refractivity contribution in [2.75, 3.05) is 44.2 Å². The molecule has 0 amide bonds. The van der Waals surface area contributed by atoms with Gasteiger partial charge in [-0.25, -0.2) is 4.39 Å². The lowest BCUT2D eigenvalue weighted by atomic mass is 10.2. The molecule has 1 aromatic carbocycles. The summed E-state index contributed by atoms with van der Waals surface area (Å²) in [5.74, 6) is 0.759. The molecular formula is C18H26FIN6. The fraction of sp³-hybridized carbons (Fsp3) is 0.444. The number of anilines is 1. The number of hydrogen-bond donors (Lipinski definition) is 1. The van der Waals surface area contributed by atoms with Crippen LogP contribution in [0.2, 0.25) is 0 Å². The van der Waals surface area contributed by atoms with Gasteiger partial charge in [-0.15, -0.1) is 24.0 Å². The van der Waals surface area contributed by atoms with Gasteiger partial charge in [0.15, 0.2) is 5.96 Å². The second kappa shape index (κ2) is 10.3. The largest absolute Gasteiger partial charge is 0.368 e. The number of rotatable bonds is 5. The van der Waals surface area contributed by atoms with Gasteiger partial charge in [0.05, 0.1) is 13.1 Å². The predicted octanol–water partition coefficient (Wildman–Crippen LogP) is 2.43. The third-order valence-corrected chi connectivity index (χ3v) is 4.26. The molecule has 1 aromatic heterocycles. The third-order valence-electron chi connectivity index (χ3n) is 4.26. The van der Waals surface area contributed by atoms with Gasteiger partial charge >= 0.3 is 0 Å². The van der Waals surface area contributed by atoms with E-state index >= 15 is 0 Å². The van der Waals surface area contributed by atoms with Crippen LogP contribution in [0.4, 0.5) is 10.1 Å². The van der Waals surface area contributed by atoms with Crippen LogP contribution in [0.1, 0.15) is 6.92 Å². The van der Waals surface area contributed by atoms with Crippen LogP contribution in [0.3, 0.4) is 0 Å². The number of hydrogen-bond acceptors (Lipinski definition) is 3. The zero-order chi connectivity index (χ0) is 17.5. The van der Waals surface area contributed by atoms with Crippen molar-refractivity contribution in [3.63, 3.8) is 0 Å². The molecule has 2 heterocycles. The molecule has 142 valence electrons. The maximum Gasteiger partial charge on any atom is 0.194 e. The summed E-state index contributed by atoms with van der Waals surface area (Å²) in [4.78, 5) is 9.29. The van der Waals surface area contributed by atoms with Crippen molar-refractivity contribution in [3.05, 3.63) is 48.5 Å². The molecule has 1 saturated heterocycles. The summed E-state index contributed by atoms with van der Waals surface area (Å²) in [5, 5.41) is 7.57. The summed E-state index contributed by atoms with van der Waals surface area (Å²) in [5.41, 5.74) is 1.07. The number of halogens is 2. The number of aliphatic imine (C=N–C) groups is 1. The number of piperazine rings is 1. The molecule has 1 aliphatic heterocycles. The topological polar surface area (TPSA) is 48.7 Å². The molecule has 2 aromatic rings. The summed E-state index contributed by atoms with van der Waals surface area (Å²) in [6, 6.07) is 8.64. The van der Waals surface area contributed by atoms with E-state index in [9.17, 15) is 4.39 Å². The lowest BCUT2D eigenvalue weighted by Gasteiger charge is -2.37. The smallest absolute Gasteiger partial charge is 0.194 e. The third kappa shape index (κ3) is 5.58. The second-order valence-electron chi connectivity index (χ2n) is 5.96. The van der Waals surface area contributed by atoms with Gasteiger partial charge in [0, 0.05) is 50.8 Å². The number of benzene rings is 1. The highest BCUT2D eigenvalue weighted by atomic mass is 127. The first-order valence-corrected chi connectivity index (χ1v) is 8.77. The molecule has 0 aliphatic carbocycles. The summed E-state index contributed by atoms with van der Waals surface area (Å²) in [6.45, 7) is 7.98. The molecule has 0 unspecified atom stereocenters. The zero-order valence-corrected chi connectivity index (χ0v) is 17.3. The van der Waals surface area contributed by atoms with Crippen LogP contribution in [0.25, 0.3) is 0 Å². The highest BCUT2D eigenvalue weighted by Gasteiger charge is 2.19. The van der Waals surface area contributed by atoms with E-state index in [2.05, 4.69) is 27.1 Å². The van der Waals surface area contributed by atoms with Crippen LogP contribution in [0, 0.1) is 5.82 Å². The van der Waals surface area contributed by atoms with E-state index in [1.54, 1.807) is 6.20 Å². The quantitative estimate of drug-likeness (QED) is 0.413. The minimum Gasteiger partial charge on any atom is -0.368 e. The van der Waals surface area contributed by atoms with Crippen molar-refractivity contribution in [3.8, 4) is 0 Å². The molecule has 0 radical (unpaired) electrons. The molecule has 1 N–H and O–H groups in total. The number of nitrogens with one attached hydrogen (secondary N) is 1. The molecule has 0 saturated carbocycles. The van der Waals surface area contributed by atoms with Gasteiger partial charge in [-0.05, 0) is 37.3 Å². The zero-order valence-electron chi connectivity index (χ0n) is 15.0. The molecule has 1 aliphatic rings. The van der Waals surface area contributed by atoms with Crippen LogP contribution in [-0.2, 0) is 6.54 Å². The maximum absolute atomic E-state index is 13.1. The number of aromatic nitrogens is 2. The average molecular weight is 472 g/mol. The van der Waals surface area contributed by atoms with Crippen LogP contribution < -0.4 is 10.2 Å². The first-order valence-electron chi connectivity index (χ1n) is 8.77. The molecule has 0 bridgehead atoms. The predicted molar refractivity (Wildman–Crippen MR) is 114 cm³/mol. The Balaban J connectivity index is 0.00000243. The van der Waals surface area contributed by atoms with Crippen molar-refractivity contribution in [1.82, 2.24) is 20.0 Å². The van der Waals surface area contributed by atoms with Crippen molar-refractivity contribution < 1.29 is 4.39 Å². The Morgan fingerprint density at radius 1 is 1.19 bits per heavy atom. The molecule has 8 heteroatoms. The standard InChI is InChI=1S/C18H25FN6.HI/c1-2-20-18(21-9-11-25-10-3-8-22-25)24-14-12-23(13-15-24)17-6-4-16(19)5-7-17;/h3-8,10H,2,9,11-15H2,1H3,(H,20,21);1H. The molecule has 1 fully saturated rings. The lowest BCUT2D eigenvalue weighted by Crippen LogP contribution is -2.52. The molecule has 0 spiro atoms. The van der Waals surface area contributed by atoms with E-state index in [1.807, 2.05) is 29.1 Å². The Morgan fingerprint density at radius 3 is 2.54 bits per heavy atom. The van der Waals surface area contributed by atoms with Crippen molar-refractivity contribution in [2.45, 2.75) is 13.5 Å². The summed E-state index contributed by atoms with van der Waals surface area (Å²) in [6.07, 6.45) is 3.73. The van der Waals surface area contributed by atoms with E-state index in [-0.39, 0.29) is 29.8 Å². The Labute approximate surface area is 171 Å². The van der Waals surface area contributed by atoms with Gasteiger partial charge in [-0.1, -0.05) is 0 Å². The Morgan fingerprint density at radius 2 is 1.92 bits per heavy atom. The Kier molecular flexibility index (Phi) is 8.14. The average Bonchev–Trinajstić information content (AvgIpc) is 3.15. The summed E-state index contributed by atoms with van der Waals surface area (Å²) >= 11 is 0.